The number of carboxylic acid groups (broad SMARTS) is 1. The van der Waals surface area contributed by atoms with Crippen LogP contribution in [0.3, 0.4) is 0 Å². The van der Waals surface area contributed by atoms with E-state index in [-0.39, 0.29) is 37.3 Å². The zero-order valence-electron chi connectivity index (χ0n) is 21.0. The van der Waals surface area contributed by atoms with Crippen LogP contribution in [-0.2, 0) is 14.3 Å². The Hall–Kier alpha value is -3.35. The number of hydrogen-bond donors (Lipinski definition) is 3. The first-order valence-electron chi connectivity index (χ1n) is 12.2. The number of amides is 2. The van der Waals surface area contributed by atoms with Crippen molar-refractivity contribution >= 4 is 18.0 Å². The summed E-state index contributed by atoms with van der Waals surface area (Å²) in [6.07, 6.45) is 0.449. The van der Waals surface area contributed by atoms with Crippen molar-refractivity contribution in [1.29, 1.82) is 0 Å². The molecule has 2 amide bonds. The first-order chi connectivity index (χ1) is 16.6. The molecular formula is C28H36N2O5. The lowest BCUT2D eigenvalue weighted by Crippen LogP contribution is -2.40. The normalized spacial score (nSPS) is 13.6. The highest BCUT2D eigenvalue weighted by Crippen LogP contribution is 2.44. The zero-order chi connectivity index (χ0) is 25.6. The van der Waals surface area contributed by atoms with Gasteiger partial charge in [-0.05, 0) is 54.4 Å². The van der Waals surface area contributed by atoms with Gasteiger partial charge in [-0.25, -0.2) is 4.79 Å². The van der Waals surface area contributed by atoms with E-state index in [0.717, 1.165) is 17.5 Å². The molecule has 1 aliphatic carbocycles. The van der Waals surface area contributed by atoms with E-state index in [0.29, 0.717) is 12.5 Å². The van der Waals surface area contributed by atoms with Crippen molar-refractivity contribution < 1.29 is 24.2 Å². The summed E-state index contributed by atoms with van der Waals surface area (Å²) in [5, 5.41) is 14.8. The molecule has 0 aliphatic heterocycles. The summed E-state index contributed by atoms with van der Waals surface area (Å²) in [6.45, 7) is 7.86. The Labute approximate surface area is 207 Å². The van der Waals surface area contributed by atoms with Crippen molar-refractivity contribution in [2.45, 2.75) is 46.5 Å². The quantitative estimate of drug-likeness (QED) is 0.428. The molecule has 2 aromatic carbocycles. The number of alkyl carbamates (subject to hydrolysis) is 1. The van der Waals surface area contributed by atoms with Gasteiger partial charge in [0.15, 0.2) is 0 Å². The van der Waals surface area contributed by atoms with E-state index in [1.54, 1.807) is 13.8 Å². The zero-order valence-corrected chi connectivity index (χ0v) is 21.0. The van der Waals surface area contributed by atoms with Gasteiger partial charge in [0.05, 0.1) is 5.41 Å². The van der Waals surface area contributed by atoms with Crippen molar-refractivity contribution in [3.63, 3.8) is 0 Å². The highest BCUT2D eigenvalue weighted by Gasteiger charge is 2.30. The van der Waals surface area contributed by atoms with Crippen LogP contribution in [0, 0.1) is 17.3 Å². The van der Waals surface area contributed by atoms with Gasteiger partial charge in [0.1, 0.15) is 6.61 Å². The number of benzene rings is 2. The van der Waals surface area contributed by atoms with Gasteiger partial charge in [-0.1, -0.05) is 62.4 Å². The third-order valence-electron chi connectivity index (χ3n) is 6.46. The molecule has 188 valence electrons. The van der Waals surface area contributed by atoms with Gasteiger partial charge in [-0.15, -0.1) is 0 Å². The standard InChI is InChI=1S/C28H36N2O5/c1-18(2)13-19(14-25(31)30-17-28(3,4)26(32)33)15-29-27(34)35-16-24-22-11-7-5-9-20(22)21-10-6-8-12-23(21)24/h5-12,18-19,24H,13-17H2,1-4H3,(H,29,34)(H,30,31)(H,32,33)/t19-/m0/s1. The second kappa shape index (κ2) is 11.4. The number of hydrogen-bond acceptors (Lipinski definition) is 4. The van der Waals surface area contributed by atoms with Crippen molar-refractivity contribution in [2.24, 2.45) is 17.3 Å². The van der Waals surface area contributed by atoms with Gasteiger partial charge in [0, 0.05) is 25.4 Å². The summed E-state index contributed by atoms with van der Waals surface area (Å²) >= 11 is 0. The third-order valence-corrected chi connectivity index (χ3v) is 6.46. The Kier molecular flexibility index (Phi) is 8.54. The monoisotopic (exact) mass is 480 g/mol. The van der Waals surface area contributed by atoms with E-state index in [4.69, 9.17) is 4.74 Å². The molecule has 1 aliphatic rings. The smallest absolute Gasteiger partial charge is 0.407 e. The summed E-state index contributed by atoms with van der Waals surface area (Å²) in [5.41, 5.74) is 3.61. The second-order valence-electron chi connectivity index (χ2n) is 10.4. The molecule has 0 radical (unpaired) electrons. The van der Waals surface area contributed by atoms with Crippen LogP contribution in [-0.4, -0.2) is 42.8 Å². The maximum Gasteiger partial charge on any atom is 0.407 e. The molecule has 0 saturated carbocycles. The van der Waals surface area contributed by atoms with Crippen LogP contribution in [0.25, 0.3) is 11.1 Å². The number of ether oxygens (including phenoxy) is 1. The molecule has 35 heavy (non-hydrogen) atoms. The molecule has 3 N–H and O–H groups in total. The largest absolute Gasteiger partial charge is 0.481 e. The van der Waals surface area contributed by atoms with Crippen LogP contribution in [0.5, 0.6) is 0 Å². The number of carbonyl (C=O) groups excluding carboxylic acids is 2. The molecule has 0 spiro atoms. The minimum atomic E-state index is -1.04. The summed E-state index contributed by atoms with van der Waals surface area (Å²) in [4.78, 5) is 36.2. The second-order valence-corrected chi connectivity index (χ2v) is 10.4. The number of carboxylic acids is 1. The predicted molar refractivity (Wildman–Crippen MR) is 135 cm³/mol. The van der Waals surface area contributed by atoms with Crippen molar-refractivity contribution in [3.05, 3.63) is 59.7 Å². The summed E-state index contributed by atoms with van der Waals surface area (Å²) < 4.78 is 5.60. The van der Waals surface area contributed by atoms with Crippen LogP contribution in [0.1, 0.15) is 57.6 Å². The highest BCUT2D eigenvalue weighted by atomic mass is 16.5. The van der Waals surface area contributed by atoms with Crippen molar-refractivity contribution in [1.82, 2.24) is 10.6 Å². The van der Waals surface area contributed by atoms with E-state index in [1.807, 2.05) is 24.3 Å². The first kappa shape index (κ1) is 26.3. The van der Waals surface area contributed by atoms with Crippen LogP contribution in [0.2, 0.25) is 0 Å². The molecule has 7 nitrogen and oxygen atoms in total. The first-order valence-corrected chi connectivity index (χ1v) is 12.2. The van der Waals surface area contributed by atoms with Crippen molar-refractivity contribution in [2.75, 3.05) is 19.7 Å². The molecule has 7 heteroatoms. The van der Waals surface area contributed by atoms with Gasteiger partial charge in [0.2, 0.25) is 5.91 Å². The number of nitrogens with one attached hydrogen (secondary N) is 2. The van der Waals surface area contributed by atoms with E-state index < -0.39 is 17.5 Å². The number of rotatable bonds is 11. The summed E-state index contributed by atoms with van der Waals surface area (Å²) in [7, 11) is 0. The molecule has 2 aromatic rings. The summed E-state index contributed by atoms with van der Waals surface area (Å²) in [5.74, 6) is -0.938. The SMILES string of the molecule is CC(C)C[C@H](CNC(=O)OCC1c2ccccc2-c2ccccc21)CC(=O)NCC(C)(C)C(=O)O. The molecule has 0 fully saturated rings. The lowest BCUT2D eigenvalue weighted by Gasteiger charge is -2.22. The third kappa shape index (κ3) is 6.84. The average molecular weight is 481 g/mol. The van der Waals surface area contributed by atoms with E-state index in [9.17, 15) is 19.5 Å². The molecule has 0 heterocycles. The fourth-order valence-electron chi connectivity index (χ4n) is 4.51. The van der Waals surface area contributed by atoms with Gasteiger partial charge in [-0.3, -0.25) is 9.59 Å². The Morgan fingerprint density at radius 2 is 1.54 bits per heavy atom. The Morgan fingerprint density at radius 1 is 0.971 bits per heavy atom. The maximum atomic E-state index is 12.5. The van der Waals surface area contributed by atoms with Crippen LogP contribution >= 0.6 is 0 Å². The molecule has 0 aromatic heterocycles. The van der Waals surface area contributed by atoms with Crippen molar-refractivity contribution in [3.8, 4) is 11.1 Å². The molecular weight excluding hydrogens is 444 g/mol. The molecule has 0 bridgehead atoms. The van der Waals surface area contributed by atoms with E-state index >= 15 is 0 Å². The number of carbonyl (C=O) groups is 3. The average Bonchev–Trinajstić information content (AvgIpc) is 3.13. The predicted octanol–water partition coefficient (Wildman–Crippen LogP) is 4.80. The molecule has 3 rings (SSSR count). The van der Waals surface area contributed by atoms with Crippen LogP contribution in [0.4, 0.5) is 4.79 Å². The topological polar surface area (TPSA) is 105 Å². The minimum Gasteiger partial charge on any atom is -0.481 e. The Bertz CT molecular complexity index is 1020. The molecule has 0 unspecified atom stereocenters. The lowest BCUT2D eigenvalue weighted by molar-refractivity contribution is -0.146. The lowest BCUT2D eigenvalue weighted by atomic mass is 9.92. The fraction of sp³-hybridized carbons (Fsp3) is 0.464. The summed E-state index contributed by atoms with van der Waals surface area (Å²) in [6, 6.07) is 16.3. The van der Waals surface area contributed by atoms with Gasteiger partial charge in [-0.2, -0.15) is 0 Å². The number of fused-ring (bicyclic) bond motifs is 3. The van der Waals surface area contributed by atoms with Gasteiger partial charge < -0.3 is 20.5 Å². The van der Waals surface area contributed by atoms with Crippen LogP contribution in [0.15, 0.2) is 48.5 Å². The van der Waals surface area contributed by atoms with E-state index in [1.165, 1.54) is 11.1 Å². The fourth-order valence-corrected chi connectivity index (χ4v) is 4.51. The molecule has 1 atom stereocenters. The highest BCUT2D eigenvalue weighted by molar-refractivity contribution is 5.80. The molecule has 0 saturated heterocycles. The van der Waals surface area contributed by atoms with Crippen LogP contribution < -0.4 is 10.6 Å². The Balaban J connectivity index is 1.53. The maximum absolute atomic E-state index is 12.5. The van der Waals surface area contributed by atoms with Gasteiger partial charge in [0.25, 0.3) is 0 Å². The minimum absolute atomic E-state index is 0.0111. The Morgan fingerprint density at radius 3 is 2.09 bits per heavy atom. The van der Waals surface area contributed by atoms with Gasteiger partial charge >= 0.3 is 12.1 Å². The van der Waals surface area contributed by atoms with E-state index in [2.05, 4.69) is 48.7 Å². The number of aliphatic carboxylic acids is 1.